The summed E-state index contributed by atoms with van der Waals surface area (Å²) in [6, 6.07) is 4.83. The first kappa shape index (κ1) is 15.0. The molecule has 0 heterocycles. The minimum atomic E-state index is -0.521. The van der Waals surface area contributed by atoms with Crippen molar-refractivity contribution in [1.82, 2.24) is 5.32 Å². The molecule has 1 unspecified atom stereocenters. The van der Waals surface area contributed by atoms with Crippen molar-refractivity contribution in [3.05, 3.63) is 34.1 Å². The minimum absolute atomic E-state index is 0.228. The third-order valence-electron chi connectivity index (χ3n) is 2.56. The average molecular weight is 315 g/mol. The highest BCUT2D eigenvalue weighted by atomic mass is 79.9. The summed E-state index contributed by atoms with van der Waals surface area (Å²) in [4.78, 5) is 11.7. The van der Waals surface area contributed by atoms with E-state index in [0.717, 1.165) is 6.21 Å². The maximum absolute atomic E-state index is 13.5. The molecule has 1 rings (SSSR count). The highest BCUT2D eigenvalue weighted by Gasteiger charge is 2.20. The fraction of sp³-hybridized carbons (Fsp3) is 0.385. The molecular formula is C13H16BrFN2O. The molecule has 2 N–H and O–H groups in total. The molecule has 0 aromatic heterocycles. The zero-order valence-electron chi connectivity index (χ0n) is 10.3. The molecule has 0 saturated heterocycles. The molecule has 1 aromatic rings. The number of hydrogen-bond acceptors (Lipinski definition) is 3. The normalized spacial score (nSPS) is 12.5. The van der Waals surface area contributed by atoms with Crippen molar-refractivity contribution >= 4 is 27.9 Å². The Morgan fingerprint density at radius 3 is 2.72 bits per heavy atom. The van der Waals surface area contributed by atoms with Crippen LogP contribution in [0.4, 0.5) is 4.39 Å². The highest BCUT2D eigenvalue weighted by Crippen LogP contribution is 2.22. The average Bonchev–Trinajstić information content (AvgIpc) is 2.33. The van der Waals surface area contributed by atoms with E-state index in [1.54, 1.807) is 12.1 Å². The predicted octanol–water partition coefficient (Wildman–Crippen LogP) is 2.89. The first-order chi connectivity index (χ1) is 8.45. The number of carbonyl (C=O) groups is 1. The van der Waals surface area contributed by atoms with Crippen LogP contribution in [0.5, 0.6) is 0 Å². The van der Waals surface area contributed by atoms with Gasteiger partial charge in [-0.15, -0.1) is 0 Å². The van der Waals surface area contributed by atoms with Crippen molar-refractivity contribution in [2.75, 3.05) is 6.54 Å². The van der Waals surface area contributed by atoms with Gasteiger partial charge in [0.05, 0.1) is 16.6 Å². The quantitative estimate of drug-likeness (QED) is 0.793. The fourth-order valence-electron chi connectivity index (χ4n) is 1.57. The van der Waals surface area contributed by atoms with Crippen molar-refractivity contribution in [1.29, 1.82) is 5.41 Å². The summed E-state index contributed by atoms with van der Waals surface area (Å²) in [5, 5.41) is 10.2. The second-order valence-electron chi connectivity index (χ2n) is 4.34. The van der Waals surface area contributed by atoms with E-state index >= 15 is 0 Å². The molecule has 3 nitrogen and oxygen atoms in total. The van der Waals surface area contributed by atoms with Gasteiger partial charge in [0.25, 0.3) is 0 Å². The van der Waals surface area contributed by atoms with Crippen molar-refractivity contribution < 1.29 is 9.18 Å². The minimum Gasteiger partial charge on any atom is -0.313 e. The molecular weight excluding hydrogens is 299 g/mol. The topological polar surface area (TPSA) is 53.0 Å². The van der Waals surface area contributed by atoms with E-state index in [2.05, 4.69) is 21.2 Å². The van der Waals surface area contributed by atoms with E-state index < -0.39 is 11.7 Å². The van der Waals surface area contributed by atoms with Crippen LogP contribution in [0, 0.1) is 11.2 Å². The van der Waals surface area contributed by atoms with Crippen LogP contribution < -0.4 is 5.32 Å². The Bertz CT molecular complexity index is 449. The lowest BCUT2D eigenvalue weighted by atomic mass is 9.94. The summed E-state index contributed by atoms with van der Waals surface area (Å²) in [5.74, 6) is -1.25. The van der Waals surface area contributed by atoms with Gasteiger partial charge in [0, 0.05) is 12.6 Å². The fourth-order valence-corrected chi connectivity index (χ4v) is 1.81. The van der Waals surface area contributed by atoms with Crippen molar-refractivity contribution in [3.63, 3.8) is 0 Å². The van der Waals surface area contributed by atoms with Crippen LogP contribution in [-0.4, -0.2) is 24.6 Å². The maximum Gasteiger partial charge on any atom is 0.181 e. The van der Waals surface area contributed by atoms with Crippen molar-refractivity contribution in [2.45, 2.75) is 25.8 Å². The van der Waals surface area contributed by atoms with Crippen LogP contribution >= 0.6 is 15.9 Å². The predicted molar refractivity (Wildman–Crippen MR) is 73.8 cm³/mol. The molecule has 1 atom stereocenters. The molecule has 1 aromatic carbocycles. The first-order valence-corrected chi connectivity index (χ1v) is 6.47. The van der Waals surface area contributed by atoms with Crippen LogP contribution in [-0.2, 0) is 4.79 Å². The second-order valence-corrected chi connectivity index (χ2v) is 5.19. The van der Waals surface area contributed by atoms with Crippen LogP contribution in [0.15, 0.2) is 22.7 Å². The van der Waals surface area contributed by atoms with E-state index in [-0.39, 0.29) is 11.8 Å². The number of halogens is 2. The van der Waals surface area contributed by atoms with Gasteiger partial charge in [-0.2, -0.15) is 0 Å². The van der Waals surface area contributed by atoms with Gasteiger partial charge in [0.15, 0.2) is 5.78 Å². The highest BCUT2D eigenvalue weighted by molar-refractivity contribution is 9.10. The molecule has 0 saturated carbocycles. The zero-order chi connectivity index (χ0) is 13.7. The number of hydrogen-bond donors (Lipinski definition) is 2. The Hall–Kier alpha value is -1.07. The molecule has 0 aliphatic heterocycles. The van der Waals surface area contributed by atoms with E-state index in [1.165, 1.54) is 6.07 Å². The molecule has 0 radical (unpaired) electrons. The van der Waals surface area contributed by atoms with E-state index in [0.29, 0.717) is 16.6 Å². The van der Waals surface area contributed by atoms with Crippen molar-refractivity contribution in [3.8, 4) is 0 Å². The number of ketones is 1. The van der Waals surface area contributed by atoms with Crippen LogP contribution in [0.3, 0.4) is 0 Å². The standard InChI is InChI=1S/C13H16BrFN2O/c1-8(2)17-7-10(13(18)6-16)9-3-4-11(14)12(15)5-9/h3-6,8,10,16-17H,7H2,1-2H3. The van der Waals surface area contributed by atoms with Gasteiger partial charge in [-0.25, -0.2) is 4.39 Å². The Labute approximate surface area is 114 Å². The molecule has 0 aliphatic carbocycles. The van der Waals surface area contributed by atoms with Crippen molar-refractivity contribution in [2.24, 2.45) is 0 Å². The van der Waals surface area contributed by atoms with E-state index in [9.17, 15) is 9.18 Å². The Kier molecular flexibility index (Phi) is 5.62. The van der Waals surface area contributed by atoms with Gasteiger partial charge in [-0.1, -0.05) is 19.9 Å². The molecule has 0 bridgehead atoms. The lowest BCUT2D eigenvalue weighted by molar-refractivity contribution is -0.113. The molecule has 98 valence electrons. The molecule has 0 aliphatic rings. The third kappa shape index (κ3) is 3.99. The Morgan fingerprint density at radius 2 is 2.22 bits per heavy atom. The largest absolute Gasteiger partial charge is 0.313 e. The number of carbonyl (C=O) groups excluding carboxylic acids is 1. The van der Waals surface area contributed by atoms with E-state index in [4.69, 9.17) is 5.41 Å². The monoisotopic (exact) mass is 314 g/mol. The van der Waals surface area contributed by atoms with Gasteiger partial charge >= 0.3 is 0 Å². The van der Waals surface area contributed by atoms with Gasteiger partial charge in [-0.3, -0.25) is 4.79 Å². The maximum atomic E-state index is 13.5. The van der Waals surface area contributed by atoms with E-state index in [1.807, 2.05) is 13.8 Å². The van der Waals surface area contributed by atoms with Gasteiger partial charge in [0.1, 0.15) is 5.82 Å². The Morgan fingerprint density at radius 1 is 1.56 bits per heavy atom. The number of nitrogens with one attached hydrogen (secondary N) is 2. The molecule has 0 spiro atoms. The van der Waals surface area contributed by atoms with Gasteiger partial charge < -0.3 is 10.7 Å². The summed E-state index contributed by atoms with van der Waals surface area (Å²) in [6.07, 6.45) is 0.784. The smallest absolute Gasteiger partial charge is 0.181 e. The summed E-state index contributed by atoms with van der Waals surface area (Å²) < 4.78 is 13.8. The first-order valence-electron chi connectivity index (χ1n) is 5.68. The summed E-state index contributed by atoms with van der Waals surface area (Å²) >= 11 is 3.07. The summed E-state index contributed by atoms with van der Waals surface area (Å²) in [6.45, 7) is 4.33. The van der Waals surface area contributed by atoms with Gasteiger partial charge in [-0.05, 0) is 33.6 Å². The number of Topliss-reactive ketones (excluding diaryl/α,β-unsaturated/α-hetero) is 1. The van der Waals surface area contributed by atoms with Crippen LogP contribution in [0.1, 0.15) is 25.3 Å². The van der Waals surface area contributed by atoms with Crippen LogP contribution in [0.25, 0.3) is 0 Å². The SMILES string of the molecule is CC(C)NCC(C(=O)C=N)c1ccc(Br)c(F)c1. The lowest BCUT2D eigenvalue weighted by Crippen LogP contribution is -2.32. The van der Waals surface area contributed by atoms with Crippen LogP contribution in [0.2, 0.25) is 0 Å². The molecule has 0 amide bonds. The lowest BCUT2D eigenvalue weighted by Gasteiger charge is -2.17. The Balaban J connectivity index is 2.97. The molecule has 18 heavy (non-hydrogen) atoms. The zero-order valence-corrected chi connectivity index (χ0v) is 11.9. The molecule has 0 fully saturated rings. The summed E-state index contributed by atoms with van der Waals surface area (Å²) in [5.41, 5.74) is 0.581. The van der Waals surface area contributed by atoms with Gasteiger partial charge in [0.2, 0.25) is 0 Å². The number of benzene rings is 1. The summed E-state index contributed by atoms with van der Waals surface area (Å²) in [7, 11) is 0. The number of rotatable bonds is 6. The molecule has 5 heteroatoms. The second kappa shape index (κ2) is 6.75. The third-order valence-corrected chi connectivity index (χ3v) is 3.21.